The van der Waals surface area contributed by atoms with Gasteiger partial charge in [-0.2, -0.15) is 0 Å². The predicted octanol–water partition coefficient (Wildman–Crippen LogP) is 4.51. The van der Waals surface area contributed by atoms with E-state index >= 15 is 0 Å². The van der Waals surface area contributed by atoms with Crippen molar-refractivity contribution in [1.82, 2.24) is 20.2 Å². The molecule has 1 aliphatic heterocycles. The zero-order chi connectivity index (χ0) is 21.5. The molecule has 1 aromatic heterocycles. The van der Waals surface area contributed by atoms with Crippen LogP contribution in [-0.2, 0) is 6.54 Å². The van der Waals surface area contributed by atoms with Crippen molar-refractivity contribution in [3.05, 3.63) is 78.1 Å². The van der Waals surface area contributed by atoms with Crippen LogP contribution in [0, 0.1) is 5.92 Å². The van der Waals surface area contributed by atoms with Crippen molar-refractivity contribution in [1.29, 1.82) is 0 Å². The van der Waals surface area contributed by atoms with E-state index in [9.17, 15) is 4.79 Å². The number of likely N-dealkylation sites (tertiary alicyclic amines) is 1. The molecule has 0 saturated carbocycles. The first-order valence-corrected chi connectivity index (χ1v) is 11.9. The fourth-order valence-electron chi connectivity index (χ4n) is 4.03. The third kappa shape index (κ3) is 5.93. The summed E-state index contributed by atoms with van der Waals surface area (Å²) >= 11 is 1.55. The highest BCUT2D eigenvalue weighted by molar-refractivity contribution is 7.98. The highest BCUT2D eigenvalue weighted by Crippen LogP contribution is 2.20. The van der Waals surface area contributed by atoms with Gasteiger partial charge < -0.3 is 5.32 Å². The molecule has 0 spiro atoms. The van der Waals surface area contributed by atoms with Crippen molar-refractivity contribution >= 4 is 17.7 Å². The number of hydrogen-bond donors (Lipinski definition) is 1. The number of nitrogens with zero attached hydrogens (tertiary/aromatic N) is 3. The van der Waals surface area contributed by atoms with Gasteiger partial charge in [-0.1, -0.05) is 54.2 Å². The van der Waals surface area contributed by atoms with Gasteiger partial charge in [0, 0.05) is 43.2 Å². The van der Waals surface area contributed by atoms with E-state index in [1.54, 1.807) is 11.8 Å². The van der Waals surface area contributed by atoms with Crippen molar-refractivity contribution in [2.24, 2.45) is 5.92 Å². The number of hydrogen-bond acceptors (Lipinski definition) is 5. The lowest BCUT2D eigenvalue weighted by molar-refractivity contribution is 0.0930. The van der Waals surface area contributed by atoms with E-state index in [1.807, 2.05) is 61.1 Å². The number of carbonyl (C=O) groups is 1. The minimum Gasteiger partial charge on any atom is -0.352 e. The standard InChI is InChI=1S/C25H28N4OS/c1-31-25-27-15-20(16-28-25)18-29-13-5-6-19(17-29)14-26-24(30)23-11-9-22(10-12-23)21-7-3-2-4-8-21/h2-4,7-12,15-16,19H,5-6,13-14,17-18H2,1H3,(H,26,30)/t19-/m1/s1. The summed E-state index contributed by atoms with van der Waals surface area (Å²) < 4.78 is 0. The molecule has 6 heteroatoms. The number of piperidine rings is 1. The minimum atomic E-state index is -0.00205. The zero-order valence-corrected chi connectivity index (χ0v) is 18.6. The van der Waals surface area contributed by atoms with Crippen LogP contribution in [0.15, 0.2) is 72.1 Å². The molecule has 0 radical (unpaired) electrons. The highest BCUT2D eigenvalue weighted by Gasteiger charge is 2.21. The van der Waals surface area contributed by atoms with Crippen molar-refractivity contribution < 1.29 is 4.79 Å². The summed E-state index contributed by atoms with van der Waals surface area (Å²) in [7, 11) is 0. The van der Waals surface area contributed by atoms with Crippen LogP contribution < -0.4 is 5.32 Å². The second-order valence-electron chi connectivity index (χ2n) is 7.97. The van der Waals surface area contributed by atoms with Gasteiger partial charge in [-0.05, 0) is 54.8 Å². The molecule has 1 amide bonds. The number of nitrogens with one attached hydrogen (secondary N) is 1. The summed E-state index contributed by atoms with van der Waals surface area (Å²) in [6.45, 7) is 3.63. The Bertz CT molecular complexity index is 977. The molecule has 160 valence electrons. The van der Waals surface area contributed by atoms with Gasteiger partial charge in [-0.25, -0.2) is 9.97 Å². The summed E-state index contributed by atoms with van der Waals surface area (Å²) in [6, 6.07) is 18.0. The molecule has 0 aliphatic carbocycles. The van der Waals surface area contributed by atoms with E-state index in [0.717, 1.165) is 54.3 Å². The first-order valence-electron chi connectivity index (χ1n) is 10.7. The fourth-order valence-corrected chi connectivity index (χ4v) is 4.35. The third-order valence-corrected chi connectivity index (χ3v) is 6.25. The second-order valence-corrected chi connectivity index (χ2v) is 8.75. The second kappa shape index (κ2) is 10.6. The van der Waals surface area contributed by atoms with E-state index in [-0.39, 0.29) is 5.91 Å². The average Bonchev–Trinajstić information content (AvgIpc) is 2.84. The lowest BCUT2D eigenvalue weighted by Crippen LogP contribution is -2.40. The van der Waals surface area contributed by atoms with Crippen molar-refractivity contribution in [3.8, 4) is 11.1 Å². The lowest BCUT2D eigenvalue weighted by atomic mass is 9.97. The van der Waals surface area contributed by atoms with Gasteiger partial charge >= 0.3 is 0 Å². The molecule has 1 saturated heterocycles. The van der Waals surface area contributed by atoms with E-state index in [1.165, 1.54) is 0 Å². The molecule has 2 heterocycles. The smallest absolute Gasteiger partial charge is 0.251 e. The van der Waals surface area contributed by atoms with E-state index in [2.05, 4.69) is 32.3 Å². The summed E-state index contributed by atoms with van der Waals surface area (Å²) in [5, 5.41) is 3.94. The molecule has 31 heavy (non-hydrogen) atoms. The maximum atomic E-state index is 12.6. The SMILES string of the molecule is CSc1ncc(CN2CCC[C@H](CNC(=O)c3ccc(-c4ccccc4)cc3)C2)cn1. The topological polar surface area (TPSA) is 58.1 Å². The molecule has 5 nitrogen and oxygen atoms in total. The molecule has 0 bridgehead atoms. The minimum absolute atomic E-state index is 0.00205. The molecule has 4 rings (SSSR count). The Hall–Kier alpha value is -2.70. The monoisotopic (exact) mass is 432 g/mol. The molecule has 1 aliphatic rings. The Morgan fingerprint density at radius 2 is 1.77 bits per heavy atom. The first kappa shape index (κ1) is 21.5. The zero-order valence-electron chi connectivity index (χ0n) is 17.8. The van der Waals surface area contributed by atoms with Gasteiger partial charge in [0.2, 0.25) is 0 Å². The number of aromatic nitrogens is 2. The largest absolute Gasteiger partial charge is 0.352 e. The van der Waals surface area contributed by atoms with Gasteiger partial charge in [-0.15, -0.1) is 0 Å². The number of rotatable bonds is 7. The number of thioether (sulfide) groups is 1. The Morgan fingerprint density at radius 3 is 2.48 bits per heavy atom. The van der Waals surface area contributed by atoms with Crippen LogP contribution in [-0.4, -0.2) is 46.7 Å². The summed E-state index contributed by atoms with van der Waals surface area (Å²) in [4.78, 5) is 23.8. The van der Waals surface area contributed by atoms with Gasteiger partial charge in [0.05, 0.1) is 0 Å². The van der Waals surface area contributed by atoms with Crippen LogP contribution in [0.3, 0.4) is 0 Å². The molecule has 2 aromatic carbocycles. The third-order valence-electron chi connectivity index (χ3n) is 5.68. The van der Waals surface area contributed by atoms with Crippen LogP contribution >= 0.6 is 11.8 Å². The Labute approximate surface area is 188 Å². The van der Waals surface area contributed by atoms with Crippen LogP contribution in [0.25, 0.3) is 11.1 Å². The van der Waals surface area contributed by atoms with Gasteiger partial charge in [-0.3, -0.25) is 9.69 Å². The van der Waals surface area contributed by atoms with Gasteiger partial charge in [0.15, 0.2) is 5.16 Å². The van der Waals surface area contributed by atoms with Crippen LogP contribution in [0.1, 0.15) is 28.8 Å². The number of benzene rings is 2. The fraction of sp³-hybridized carbons (Fsp3) is 0.320. The normalized spacial score (nSPS) is 16.7. The van der Waals surface area contributed by atoms with E-state index < -0.39 is 0 Å². The van der Waals surface area contributed by atoms with Gasteiger partial charge in [0.1, 0.15) is 0 Å². The highest BCUT2D eigenvalue weighted by atomic mass is 32.2. The maximum absolute atomic E-state index is 12.6. The molecular formula is C25H28N4OS. The quantitative estimate of drug-likeness (QED) is 0.440. The molecule has 1 atom stereocenters. The molecule has 3 aromatic rings. The van der Waals surface area contributed by atoms with Crippen molar-refractivity contribution in [3.63, 3.8) is 0 Å². The van der Waals surface area contributed by atoms with Crippen molar-refractivity contribution in [2.45, 2.75) is 24.5 Å². The van der Waals surface area contributed by atoms with Crippen LogP contribution in [0.4, 0.5) is 0 Å². The van der Waals surface area contributed by atoms with Crippen LogP contribution in [0.5, 0.6) is 0 Å². The predicted molar refractivity (Wildman–Crippen MR) is 126 cm³/mol. The number of amides is 1. The molecule has 1 N–H and O–H groups in total. The molecular weight excluding hydrogens is 404 g/mol. The summed E-state index contributed by atoms with van der Waals surface area (Å²) in [6.07, 6.45) is 8.12. The Morgan fingerprint density at radius 1 is 1.06 bits per heavy atom. The lowest BCUT2D eigenvalue weighted by Gasteiger charge is -2.32. The van der Waals surface area contributed by atoms with Crippen LogP contribution in [0.2, 0.25) is 0 Å². The first-order chi connectivity index (χ1) is 15.2. The van der Waals surface area contributed by atoms with Crippen molar-refractivity contribution in [2.75, 3.05) is 25.9 Å². The Kier molecular flexibility index (Phi) is 7.33. The molecule has 0 unspecified atom stereocenters. The van der Waals surface area contributed by atoms with Gasteiger partial charge in [0.25, 0.3) is 5.91 Å². The summed E-state index contributed by atoms with van der Waals surface area (Å²) in [5.74, 6) is 0.463. The van der Waals surface area contributed by atoms with E-state index in [4.69, 9.17) is 0 Å². The molecule has 1 fully saturated rings. The Balaban J connectivity index is 1.27. The maximum Gasteiger partial charge on any atom is 0.251 e. The number of carbonyl (C=O) groups excluding carboxylic acids is 1. The summed E-state index contributed by atoms with van der Waals surface area (Å²) in [5.41, 5.74) is 4.12. The van der Waals surface area contributed by atoms with E-state index in [0.29, 0.717) is 18.0 Å². The average molecular weight is 433 g/mol.